The summed E-state index contributed by atoms with van der Waals surface area (Å²) in [7, 11) is 0. The van der Waals surface area contributed by atoms with E-state index in [1.165, 1.54) is 19.1 Å². The summed E-state index contributed by atoms with van der Waals surface area (Å²) < 4.78 is 37.0. The lowest BCUT2D eigenvalue weighted by molar-refractivity contribution is -0.141. The predicted molar refractivity (Wildman–Crippen MR) is 61.4 cm³/mol. The highest BCUT2D eigenvalue weighted by Crippen LogP contribution is 2.27. The molecule has 0 aliphatic carbocycles. The Morgan fingerprint density at radius 1 is 1.53 bits per heavy atom. The summed E-state index contributed by atoms with van der Waals surface area (Å²) in [5, 5.41) is -0.0274. The lowest BCUT2D eigenvalue weighted by atomic mass is 10.2. The second kappa shape index (κ2) is 5.86. The van der Waals surface area contributed by atoms with E-state index < -0.39 is 11.9 Å². The first kappa shape index (κ1) is 13.8. The Hall–Kier alpha value is -1.30. The van der Waals surface area contributed by atoms with Gasteiger partial charge in [0, 0.05) is 18.9 Å². The first-order valence-corrected chi connectivity index (χ1v) is 5.71. The molecular formula is C11H10F3NOS. The predicted octanol–water partition coefficient (Wildman–Crippen LogP) is 3.39. The summed E-state index contributed by atoms with van der Waals surface area (Å²) in [4.78, 5) is 13.9. The van der Waals surface area contributed by atoms with E-state index in [2.05, 4.69) is 4.98 Å². The average Bonchev–Trinajstić information content (AvgIpc) is 2.23. The van der Waals surface area contributed by atoms with Crippen LogP contribution < -0.4 is 0 Å². The minimum atomic E-state index is -4.43. The molecule has 0 aromatic carbocycles. The van der Waals surface area contributed by atoms with Crippen LogP contribution in [0.15, 0.2) is 24.4 Å². The molecule has 0 amide bonds. The number of rotatable bonds is 3. The lowest BCUT2D eigenvalue weighted by Crippen LogP contribution is -2.07. The Kier molecular flexibility index (Phi) is 4.74. The molecule has 0 atom stereocenters. The van der Waals surface area contributed by atoms with Gasteiger partial charge in [0.1, 0.15) is 5.69 Å². The summed E-state index contributed by atoms with van der Waals surface area (Å²) in [5.74, 6) is 0.443. The minimum Gasteiger partial charge on any atom is -0.288 e. The highest BCUT2D eigenvalue weighted by Gasteiger charge is 2.32. The zero-order chi connectivity index (χ0) is 12.9. The van der Waals surface area contributed by atoms with E-state index in [1.54, 1.807) is 6.08 Å². The van der Waals surface area contributed by atoms with Gasteiger partial charge in [-0.15, -0.1) is 0 Å². The molecule has 1 heterocycles. The van der Waals surface area contributed by atoms with Gasteiger partial charge >= 0.3 is 6.18 Å². The SMILES string of the molecule is CC(=O)SCC=Cc1ccnc(C(F)(F)F)c1. The third kappa shape index (κ3) is 5.04. The van der Waals surface area contributed by atoms with Gasteiger partial charge in [-0.1, -0.05) is 23.9 Å². The minimum absolute atomic E-state index is 0.0274. The molecule has 0 saturated carbocycles. The third-order valence-corrected chi connectivity index (χ3v) is 2.53. The van der Waals surface area contributed by atoms with E-state index in [0.29, 0.717) is 11.3 Å². The molecule has 0 bridgehead atoms. The molecule has 0 aliphatic rings. The molecule has 1 aromatic heterocycles. The van der Waals surface area contributed by atoms with Gasteiger partial charge in [0.05, 0.1) is 0 Å². The fourth-order valence-corrected chi connectivity index (χ4v) is 1.48. The monoisotopic (exact) mass is 261 g/mol. The van der Waals surface area contributed by atoms with Crippen LogP contribution in [0.5, 0.6) is 0 Å². The van der Waals surface area contributed by atoms with Crippen LogP contribution in [0.25, 0.3) is 6.08 Å². The average molecular weight is 261 g/mol. The van der Waals surface area contributed by atoms with Crippen molar-refractivity contribution in [1.82, 2.24) is 4.98 Å². The number of hydrogen-bond donors (Lipinski definition) is 0. The summed E-state index contributed by atoms with van der Waals surface area (Å²) in [6.07, 6.45) is -0.146. The van der Waals surface area contributed by atoms with Gasteiger partial charge in [-0.05, 0) is 17.7 Å². The van der Waals surface area contributed by atoms with E-state index in [4.69, 9.17) is 0 Å². The molecule has 0 unspecified atom stereocenters. The molecule has 17 heavy (non-hydrogen) atoms. The van der Waals surface area contributed by atoms with E-state index in [1.807, 2.05) is 0 Å². The Morgan fingerprint density at radius 3 is 2.82 bits per heavy atom. The van der Waals surface area contributed by atoms with E-state index in [0.717, 1.165) is 24.0 Å². The summed E-state index contributed by atoms with van der Waals surface area (Å²) in [6.45, 7) is 1.44. The molecular weight excluding hydrogens is 251 g/mol. The Labute approximate surface area is 101 Å². The van der Waals surface area contributed by atoms with Crippen molar-refractivity contribution in [2.45, 2.75) is 13.1 Å². The molecule has 2 nitrogen and oxygen atoms in total. The van der Waals surface area contributed by atoms with Crippen LogP contribution in [0.2, 0.25) is 0 Å². The van der Waals surface area contributed by atoms with Gasteiger partial charge in [-0.2, -0.15) is 13.2 Å². The van der Waals surface area contributed by atoms with Crippen LogP contribution in [0.1, 0.15) is 18.2 Å². The van der Waals surface area contributed by atoms with Crippen LogP contribution in [-0.2, 0) is 11.0 Å². The molecule has 0 aliphatic heterocycles. The maximum absolute atomic E-state index is 12.3. The standard InChI is InChI=1S/C11H10F3NOS/c1-8(16)17-6-2-3-9-4-5-15-10(7-9)11(12,13)14/h2-5,7H,6H2,1H3. The topological polar surface area (TPSA) is 30.0 Å². The third-order valence-electron chi connectivity index (χ3n) is 1.77. The summed E-state index contributed by atoms with van der Waals surface area (Å²) in [6, 6.07) is 2.44. The number of hydrogen-bond acceptors (Lipinski definition) is 3. The van der Waals surface area contributed by atoms with Crippen molar-refractivity contribution >= 4 is 23.0 Å². The Bertz CT molecular complexity index is 429. The van der Waals surface area contributed by atoms with Crippen LogP contribution >= 0.6 is 11.8 Å². The molecule has 6 heteroatoms. The smallest absolute Gasteiger partial charge is 0.288 e. The van der Waals surface area contributed by atoms with E-state index in [9.17, 15) is 18.0 Å². The van der Waals surface area contributed by atoms with Gasteiger partial charge in [0.2, 0.25) is 0 Å². The van der Waals surface area contributed by atoms with Gasteiger partial charge in [-0.3, -0.25) is 9.78 Å². The van der Waals surface area contributed by atoms with Crippen molar-refractivity contribution < 1.29 is 18.0 Å². The first-order valence-electron chi connectivity index (χ1n) is 4.73. The second-order valence-corrected chi connectivity index (χ2v) is 4.37. The van der Waals surface area contributed by atoms with Gasteiger partial charge in [-0.25, -0.2) is 0 Å². The van der Waals surface area contributed by atoms with E-state index >= 15 is 0 Å². The van der Waals surface area contributed by atoms with Crippen molar-refractivity contribution in [3.8, 4) is 0 Å². The number of alkyl halides is 3. The number of carbonyl (C=O) groups excluding carboxylic acids is 1. The van der Waals surface area contributed by atoms with Crippen LogP contribution in [-0.4, -0.2) is 15.9 Å². The molecule has 0 N–H and O–H groups in total. The maximum Gasteiger partial charge on any atom is 0.433 e. The molecule has 0 fully saturated rings. The van der Waals surface area contributed by atoms with Crippen molar-refractivity contribution in [2.75, 3.05) is 5.75 Å². The number of pyridine rings is 1. The highest BCUT2D eigenvalue weighted by atomic mass is 32.2. The number of thioether (sulfide) groups is 1. The van der Waals surface area contributed by atoms with Crippen LogP contribution in [0.4, 0.5) is 13.2 Å². The van der Waals surface area contributed by atoms with Gasteiger partial charge < -0.3 is 0 Å². The number of halogens is 3. The van der Waals surface area contributed by atoms with E-state index in [-0.39, 0.29) is 5.12 Å². The zero-order valence-electron chi connectivity index (χ0n) is 8.99. The number of carbonyl (C=O) groups is 1. The van der Waals surface area contributed by atoms with Crippen LogP contribution in [0.3, 0.4) is 0 Å². The van der Waals surface area contributed by atoms with Crippen molar-refractivity contribution in [1.29, 1.82) is 0 Å². The van der Waals surface area contributed by atoms with Gasteiger partial charge in [0.15, 0.2) is 5.12 Å². The molecule has 0 saturated heterocycles. The molecule has 1 aromatic rings. The summed E-state index contributed by atoms with van der Waals surface area (Å²) >= 11 is 1.10. The molecule has 92 valence electrons. The fraction of sp³-hybridized carbons (Fsp3) is 0.273. The number of aromatic nitrogens is 1. The van der Waals surface area contributed by atoms with Crippen molar-refractivity contribution in [3.05, 3.63) is 35.7 Å². The number of nitrogens with zero attached hydrogens (tertiary/aromatic N) is 1. The maximum atomic E-state index is 12.3. The second-order valence-electron chi connectivity index (χ2n) is 3.18. The lowest BCUT2D eigenvalue weighted by Gasteiger charge is -2.05. The van der Waals surface area contributed by atoms with Crippen LogP contribution in [0, 0.1) is 0 Å². The van der Waals surface area contributed by atoms with Crippen molar-refractivity contribution in [2.24, 2.45) is 0 Å². The Balaban J connectivity index is 2.69. The molecule has 0 spiro atoms. The normalized spacial score (nSPS) is 12.0. The zero-order valence-corrected chi connectivity index (χ0v) is 9.81. The Morgan fingerprint density at radius 2 is 2.24 bits per heavy atom. The fourth-order valence-electron chi connectivity index (χ4n) is 1.06. The quantitative estimate of drug-likeness (QED) is 0.835. The molecule has 1 rings (SSSR count). The van der Waals surface area contributed by atoms with Crippen molar-refractivity contribution in [3.63, 3.8) is 0 Å². The highest BCUT2D eigenvalue weighted by molar-refractivity contribution is 8.13. The van der Waals surface area contributed by atoms with Gasteiger partial charge in [0.25, 0.3) is 0 Å². The molecule has 0 radical (unpaired) electrons. The first-order chi connectivity index (χ1) is 7.89. The largest absolute Gasteiger partial charge is 0.433 e. The summed E-state index contributed by atoms with van der Waals surface area (Å²) in [5.41, 5.74) is -0.504.